The molecule has 3 rings (SSSR count). The summed E-state index contributed by atoms with van der Waals surface area (Å²) in [4.78, 5) is 37.3. The molecule has 0 radical (unpaired) electrons. The SMILES string of the molecule is CSCC[C@H](NS(=O)(=O)c1ccc2c(c1)c(=O)n(C)c(=O)n2C)C(=O)Nc1ccc(C)c(F)c1. The summed E-state index contributed by atoms with van der Waals surface area (Å²) in [5.41, 5.74) is -0.264. The lowest BCUT2D eigenvalue weighted by molar-refractivity contribution is -0.117. The summed E-state index contributed by atoms with van der Waals surface area (Å²) in [6, 6.07) is 6.88. The minimum absolute atomic E-state index is 0.0488. The number of nitrogens with zero attached hydrogens (tertiary/aromatic N) is 2. The van der Waals surface area contributed by atoms with E-state index in [4.69, 9.17) is 0 Å². The molecule has 3 aromatic rings. The van der Waals surface area contributed by atoms with E-state index >= 15 is 0 Å². The second-order valence-corrected chi connectivity index (χ2v) is 10.5. The van der Waals surface area contributed by atoms with Gasteiger partial charge in [0.2, 0.25) is 15.9 Å². The highest BCUT2D eigenvalue weighted by molar-refractivity contribution is 7.98. The number of hydrogen-bond donors (Lipinski definition) is 2. The van der Waals surface area contributed by atoms with Crippen LogP contribution in [-0.4, -0.2) is 41.5 Å². The minimum Gasteiger partial charge on any atom is -0.325 e. The summed E-state index contributed by atoms with van der Waals surface area (Å²) < 4.78 is 44.6. The number of aromatic nitrogens is 2. The summed E-state index contributed by atoms with van der Waals surface area (Å²) in [6.45, 7) is 1.59. The zero-order valence-electron chi connectivity index (χ0n) is 19.1. The summed E-state index contributed by atoms with van der Waals surface area (Å²) in [5, 5.41) is 2.60. The fourth-order valence-electron chi connectivity index (χ4n) is 3.38. The molecule has 9 nitrogen and oxygen atoms in total. The Morgan fingerprint density at radius 1 is 1.12 bits per heavy atom. The number of nitrogens with one attached hydrogen (secondary N) is 2. The number of benzene rings is 2. The van der Waals surface area contributed by atoms with Crippen LogP contribution in [0.4, 0.5) is 10.1 Å². The number of aryl methyl sites for hydroxylation is 2. The van der Waals surface area contributed by atoms with Crippen LogP contribution in [-0.2, 0) is 28.9 Å². The Kier molecular flexibility index (Phi) is 7.64. The van der Waals surface area contributed by atoms with Crippen molar-refractivity contribution in [3.63, 3.8) is 0 Å². The third-order valence-corrected chi connectivity index (χ3v) is 7.53. The number of thioether (sulfide) groups is 1. The Labute approximate surface area is 200 Å². The fourth-order valence-corrected chi connectivity index (χ4v) is 5.10. The highest BCUT2D eigenvalue weighted by Crippen LogP contribution is 2.18. The van der Waals surface area contributed by atoms with Gasteiger partial charge < -0.3 is 5.32 Å². The molecule has 34 heavy (non-hydrogen) atoms. The van der Waals surface area contributed by atoms with E-state index in [2.05, 4.69) is 10.0 Å². The average Bonchev–Trinajstić information content (AvgIpc) is 2.80. The Morgan fingerprint density at radius 3 is 2.47 bits per heavy atom. The van der Waals surface area contributed by atoms with Crippen molar-refractivity contribution in [2.45, 2.75) is 24.3 Å². The maximum atomic E-state index is 13.9. The van der Waals surface area contributed by atoms with Crippen LogP contribution in [0.1, 0.15) is 12.0 Å². The fraction of sp³-hybridized carbons (Fsp3) is 0.318. The molecule has 0 bridgehead atoms. The number of hydrogen-bond acceptors (Lipinski definition) is 6. The molecule has 0 unspecified atom stereocenters. The maximum absolute atomic E-state index is 13.9. The molecule has 182 valence electrons. The van der Waals surface area contributed by atoms with E-state index in [1.165, 1.54) is 60.8 Å². The largest absolute Gasteiger partial charge is 0.330 e. The first-order valence-electron chi connectivity index (χ1n) is 10.2. The van der Waals surface area contributed by atoms with Crippen LogP contribution < -0.4 is 21.3 Å². The zero-order valence-corrected chi connectivity index (χ0v) is 20.7. The van der Waals surface area contributed by atoms with Crippen LogP contribution in [0.25, 0.3) is 10.9 Å². The summed E-state index contributed by atoms with van der Waals surface area (Å²) in [5.74, 6) is -0.644. The molecule has 0 saturated heterocycles. The van der Waals surface area contributed by atoms with Crippen molar-refractivity contribution >= 4 is 44.3 Å². The summed E-state index contributed by atoms with van der Waals surface area (Å²) >= 11 is 1.44. The predicted octanol–water partition coefficient (Wildman–Crippen LogP) is 1.72. The van der Waals surface area contributed by atoms with Gasteiger partial charge in [0.05, 0.1) is 15.8 Å². The van der Waals surface area contributed by atoms with Crippen LogP contribution in [0, 0.1) is 12.7 Å². The molecule has 2 N–H and O–H groups in total. The molecular formula is C22H25FN4O5S2. The normalized spacial score (nSPS) is 12.6. The smallest absolute Gasteiger partial charge is 0.325 e. The zero-order chi connectivity index (χ0) is 25.2. The van der Waals surface area contributed by atoms with Crippen molar-refractivity contribution in [3.8, 4) is 0 Å². The number of amides is 1. The number of halogens is 1. The van der Waals surface area contributed by atoms with Crippen molar-refractivity contribution in [2.75, 3.05) is 17.3 Å². The highest BCUT2D eigenvalue weighted by Gasteiger charge is 2.26. The Balaban J connectivity index is 1.94. The lowest BCUT2D eigenvalue weighted by atomic mass is 10.2. The van der Waals surface area contributed by atoms with Gasteiger partial charge in [-0.2, -0.15) is 16.5 Å². The molecule has 0 saturated carbocycles. The van der Waals surface area contributed by atoms with Gasteiger partial charge in [-0.15, -0.1) is 0 Å². The number of anilines is 1. The van der Waals surface area contributed by atoms with Crippen LogP contribution in [0.5, 0.6) is 0 Å². The van der Waals surface area contributed by atoms with Gasteiger partial charge in [0.1, 0.15) is 11.9 Å². The van der Waals surface area contributed by atoms with Crippen molar-refractivity contribution in [2.24, 2.45) is 14.1 Å². The lowest BCUT2D eigenvalue weighted by Gasteiger charge is -2.19. The quantitative estimate of drug-likeness (QED) is 0.478. The molecule has 12 heteroatoms. The molecule has 1 atom stereocenters. The predicted molar refractivity (Wildman–Crippen MR) is 131 cm³/mol. The summed E-state index contributed by atoms with van der Waals surface area (Å²) in [7, 11) is -1.43. The number of sulfonamides is 1. The molecule has 0 aliphatic heterocycles. The molecule has 1 heterocycles. The average molecular weight is 509 g/mol. The van der Waals surface area contributed by atoms with Gasteiger partial charge in [-0.05, 0) is 61.2 Å². The molecule has 0 fully saturated rings. The topological polar surface area (TPSA) is 119 Å². The first-order valence-corrected chi connectivity index (χ1v) is 13.1. The van der Waals surface area contributed by atoms with Crippen LogP contribution in [0.3, 0.4) is 0 Å². The van der Waals surface area contributed by atoms with E-state index in [9.17, 15) is 27.2 Å². The second kappa shape index (κ2) is 10.1. The van der Waals surface area contributed by atoms with Crippen LogP contribution in [0.15, 0.2) is 50.9 Å². The van der Waals surface area contributed by atoms with E-state index in [-0.39, 0.29) is 27.9 Å². The van der Waals surface area contributed by atoms with Gasteiger partial charge in [-0.3, -0.25) is 18.7 Å². The maximum Gasteiger partial charge on any atom is 0.330 e. The first-order chi connectivity index (χ1) is 16.0. The van der Waals surface area contributed by atoms with E-state index < -0.39 is 39.0 Å². The molecule has 0 aliphatic carbocycles. The molecule has 0 aliphatic rings. The number of rotatable bonds is 8. The van der Waals surface area contributed by atoms with Gasteiger partial charge >= 0.3 is 5.69 Å². The van der Waals surface area contributed by atoms with Crippen molar-refractivity contribution in [1.82, 2.24) is 13.9 Å². The Morgan fingerprint density at radius 2 is 1.82 bits per heavy atom. The van der Waals surface area contributed by atoms with Crippen molar-refractivity contribution in [1.29, 1.82) is 0 Å². The lowest BCUT2D eigenvalue weighted by Crippen LogP contribution is -2.44. The first kappa shape index (κ1) is 25.7. The number of carbonyl (C=O) groups is 1. The minimum atomic E-state index is -4.22. The molecule has 1 aromatic heterocycles. The molecule has 0 spiro atoms. The van der Waals surface area contributed by atoms with Crippen LogP contribution in [0.2, 0.25) is 0 Å². The van der Waals surface area contributed by atoms with E-state index in [0.717, 1.165) is 10.6 Å². The Bertz CT molecular complexity index is 1480. The van der Waals surface area contributed by atoms with Gasteiger partial charge in [-0.25, -0.2) is 17.6 Å². The standard InChI is InChI=1S/C22H25FN4O5S2/c1-13-5-6-14(11-17(13)23)24-20(28)18(9-10-33-4)25-34(31,32)15-7-8-19-16(12-15)21(29)27(3)22(30)26(19)2/h5-8,11-12,18,25H,9-10H2,1-4H3,(H,24,28)/t18-/m0/s1. The second-order valence-electron chi connectivity index (χ2n) is 7.79. The Hall–Kier alpha value is -2.96. The van der Waals surface area contributed by atoms with E-state index in [0.29, 0.717) is 11.3 Å². The van der Waals surface area contributed by atoms with Crippen LogP contribution >= 0.6 is 11.8 Å². The van der Waals surface area contributed by atoms with Gasteiger partial charge in [0, 0.05) is 19.8 Å². The van der Waals surface area contributed by atoms with E-state index in [1.54, 1.807) is 6.92 Å². The molecular weight excluding hydrogens is 483 g/mol. The third-order valence-electron chi connectivity index (χ3n) is 5.41. The number of fused-ring (bicyclic) bond motifs is 1. The van der Waals surface area contributed by atoms with Crippen molar-refractivity contribution < 1.29 is 17.6 Å². The highest BCUT2D eigenvalue weighted by atomic mass is 32.2. The van der Waals surface area contributed by atoms with Gasteiger partial charge in [-0.1, -0.05) is 6.07 Å². The molecule has 1 amide bonds. The van der Waals surface area contributed by atoms with Gasteiger partial charge in [0.15, 0.2) is 0 Å². The molecule has 2 aromatic carbocycles. The van der Waals surface area contributed by atoms with Crippen molar-refractivity contribution in [3.05, 3.63) is 68.6 Å². The monoisotopic (exact) mass is 508 g/mol. The third kappa shape index (κ3) is 5.24. The number of carbonyl (C=O) groups excluding carboxylic acids is 1. The summed E-state index contributed by atoms with van der Waals surface area (Å²) in [6.07, 6.45) is 2.01. The van der Waals surface area contributed by atoms with Gasteiger partial charge in [0.25, 0.3) is 5.56 Å². The van der Waals surface area contributed by atoms with E-state index in [1.807, 2.05) is 6.26 Å².